The maximum Gasteiger partial charge on any atom is 0.408 e. The van der Waals surface area contributed by atoms with Crippen LogP contribution in [0.15, 0.2) is 30.5 Å². The highest BCUT2D eigenvalue weighted by atomic mass is 127. The fourth-order valence-corrected chi connectivity index (χ4v) is 3.15. The maximum absolute atomic E-state index is 12.1. The molecule has 1 amide bonds. The zero-order chi connectivity index (χ0) is 20.9. The zero-order valence-corrected chi connectivity index (χ0v) is 20.5. The van der Waals surface area contributed by atoms with Gasteiger partial charge in [-0.25, -0.2) is 14.8 Å². The summed E-state index contributed by atoms with van der Waals surface area (Å²) in [5, 5.41) is 16.2. The first-order valence-corrected chi connectivity index (χ1v) is 10.9. The van der Waals surface area contributed by atoms with Crippen molar-refractivity contribution < 1.29 is 14.6 Å². The molecule has 9 heteroatoms. The summed E-state index contributed by atoms with van der Waals surface area (Å²) in [6.45, 7) is 7.91. The van der Waals surface area contributed by atoms with Crippen LogP contribution in [-0.4, -0.2) is 36.9 Å². The molecule has 1 atom stereocenters. The van der Waals surface area contributed by atoms with Crippen LogP contribution in [0.5, 0.6) is 5.75 Å². The molecule has 28 heavy (non-hydrogen) atoms. The van der Waals surface area contributed by atoms with Gasteiger partial charge >= 0.3 is 6.09 Å². The SMILES string of the molecule is CC[C@@](I)(CNc1ccnc(-c2cc(I)ccc2O)n1)NC(=O)OC(C)(C)C. The normalized spacial score (nSPS) is 13.5. The number of halogens is 2. The zero-order valence-electron chi connectivity index (χ0n) is 16.2. The number of nitrogens with zero attached hydrogens (tertiary/aromatic N) is 2. The molecule has 7 nitrogen and oxygen atoms in total. The predicted octanol–water partition coefficient (Wildman–Crippen LogP) is 4.93. The van der Waals surface area contributed by atoms with Gasteiger partial charge in [-0.1, -0.05) is 29.5 Å². The Hall–Kier alpha value is -1.37. The highest BCUT2D eigenvalue weighted by molar-refractivity contribution is 14.1. The minimum Gasteiger partial charge on any atom is -0.507 e. The number of alkyl halides is 1. The monoisotopic (exact) mass is 610 g/mol. The van der Waals surface area contributed by atoms with Gasteiger partial charge in [0.05, 0.1) is 5.56 Å². The number of hydrogen-bond acceptors (Lipinski definition) is 6. The first kappa shape index (κ1) is 22.9. The molecule has 2 aromatic rings. The third-order valence-electron chi connectivity index (χ3n) is 3.69. The van der Waals surface area contributed by atoms with Crippen molar-refractivity contribution in [2.45, 2.75) is 43.3 Å². The molecule has 0 aliphatic rings. The van der Waals surface area contributed by atoms with Crippen molar-refractivity contribution in [1.82, 2.24) is 15.3 Å². The lowest BCUT2D eigenvalue weighted by Crippen LogP contribution is -2.49. The number of benzene rings is 1. The molecule has 2 rings (SSSR count). The van der Waals surface area contributed by atoms with Crippen molar-refractivity contribution in [2.75, 3.05) is 11.9 Å². The molecule has 0 spiro atoms. The van der Waals surface area contributed by atoms with Crippen molar-refractivity contribution in [3.8, 4) is 17.1 Å². The third-order valence-corrected chi connectivity index (χ3v) is 5.78. The number of carbonyl (C=O) groups is 1. The number of nitrogens with one attached hydrogen (secondary N) is 2. The van der Waals surface area contributed by atoms with Crippen molar-refractivity contribution in [3.63, 3.8) is 0 Å². The quantitative estimate of drug-likeness (QED) is 0.244. The van der Waals surface area contributed by atoms with E-state index in [1.807, 2.05) is 39.8 Å². The number of amides is 1. The fraction of sp³-hybridized carbons (Fsp3) is 0.421. The summed E-state index contributed by atoms with van der Waals surface area (Å²) in [5.41, 5.74) is 0.0122. The summed E-state index contributed by atoms with van der Waals surface area (Å²) < 4.78 is 5.78. The highest BCUT2D eigenvalue weighted by Crippen LogP contribution is 2.29. The summed E-state index contributed by atoms with van der Waals surface area (Å²) in [7, 11) is 0. The molecule has 0 saturated carbocycles. The molecule has 0 aliphatic heterocycles. The lowest BCUT2D eigenvalue weighted by Gasteiger charge is -2.30. The number of alkyl carbamates (subject to hydrolysis) is 1. The van der Waals surface area contributed by atoms with E-state index in [0.29, 0.717) is 30.2 Å². The molecule has 3 N–H and O–H groups in total. The largest absolute Gasteiger partial charge is 0.507 e. The van der Waals surface area contributed by atoms with Crippen LogP contribution in [0.4, 0.5) is 10.6 Å². The summed E-state index contributed by atoms with van der Waals surface area (Å²) in [6.07, 6.45) is 1.86. The Balaban J connectivity index is 2.10. The highest BCUT2D eigenvalue weighted by Gasteiger charge is 2.29. The molecular formula is C19H24I2N4O3. The average molecular weight is 610 g/mol. The standard InChI is InChI=1S/C19H24I2N4O3/c1-5-19(21,25-17(27)28-18(2,3)4)11-23-15-8-9-22-16(24-15)13-10-12(20)6-7-14(13)26/h6-10,26H,5,11H2,1-4H3,(H,25,27)(H,22,23,24)/t19-/m0/s1. The molecule has 0 radical (unpaired) electrons. The number of hydrogen-bond donors (Lipinski definition) is 3. The van der Waals surface area contributed by atoms with Crippen LogP contribution in [0.2, 0.25) is 0 Å². The number of ether oxygens (including phenoxy) is 1. The second kappa shape index (κ2) is 9.42. The van der Waals surface area contributed by atoms with Gasteiger partial charge in [0.1, 0.15) is 20.7 Å². The van der Waals surface area contributed by atoms with E-state index in [1.165, 1.54) is 0 Å². The van der Waals surface area contributed by atoms with Gasteiger partial charge in [-0.3, -0.25) is 0 Å². The number of aromatic nitrogens is 2. The van der Waals surface area contributed by atoms with Gasteiger partial charge in [0.2, 0.25) is 0 Å². The van der Waals surface area contributed by atoms with Gasteiger partial charge in [0, 0.05) is 16.3 Å². The van der Waals surface area contributed by atoms with Crippen molar-refractivity contribution in [1.29, 1.82) is 0 Å². The Morgan fingerprint density at radius 1 is 1.29 bits per heavy atom. The Labute approximate surface area is 192 Å². The molecule has 1 aromatic heterocycles. The van der Waals surface area contributed by atoms with Gasteiger partial charge in [-0.2, -0.15) is 0 Å². The van der Waals surface area contributed by atoms with Crippen molar-refractivity contribution >= 4 is 57.1 Å². The third kappa shape index (κ3) is 6.90. The lowest BCUT2D eigenvalue weighted by atomic mass is 10.2. The van der Waals surface area contributed by atoms with Gasteiger partial charge in [0.15, 0.2) is 5.82 Å². The van der Waals surface area contributed by atoms with Crippen LogP contribution in [-0.2, 0) is 4.74 Å². The Bertz CT molecular complexity index is 842. The van der Waals surface area contributed by atoms with Gasteiger partial charge in [-0.05, 0) is 74.0 Å². The van der Waals surface area contributed by atoms with Crippen LogP contribution in [0, 0.1) is 3.57 Å². The van der Waals surface area contributed by atoms with E-state index in [-0.39, 0.29) is 5.75 Å². The smallest absolute Gasteiger partial charge is 0.408 e. The van der Waals surface area contributed by atoms with E-state index in [0.717, 1.165) is 3.57 Å². The number of carbonyl (C=O) groups excluding carboxylic acids is 1. The number of aromatic hydroxyl groups is 1. The molecule has 152 valence electrons. The second-order valence-electron chi connectivity index (χ2n) is 7.23. The van der Waals surface area contributed by atoms with Crippen molar-refractivity contribution in [2.24, 2.45) is 0 Å². The molecule has 0 fully saturated rings. The van der Waals surface area contributed by atoms with E-state index in [4.69, 9.17) is 4.74 Å². The molecular weight excluding hydrogens is 586 g/mol. The van der Waals surface area contributed by atoms with E-state index in [1.54, 1.807) is 18.3 Å². The predicted molar refractivity (Wildman–Crippen MR) is 127 cm³/mol. The number of rotatable bonds is 6. The molecule has 1 heterocycles. The lowest BCUT2D eigenvalue weighted by molar-refractivity contribution is 0.0501. The van der Waals surface area contributed by atoms with E-state index in [2.05, 4.69) is 65.8 Å². The molecule has 0 saturated heterocycles. The summed E-state index contributed by atoms with van der Waals surface area (Å²) in [4.78, 5) is 20.9. The van der Waals surface area contributed by atoms with Crippen LogP contribution in [0.25, 0.3) is 11.4 Å². The molecule has 1 aromatic carbocycles. The van der Waals surface area contributed by atoms with E-state index in [9.17, 15) is 9.90 Å². The average Bonchev–Trinajstić information content (AvgIpc) is 2.60. The van der Waals surface area contributed by atoms with Crippen LogP contribution in [0.1, 0.15) is 34.1 Å². The van der Waals surface area contributed by atoms with Gasteiger partial charge in [-0.15, -0.1) is 0 Å². The minimum absolute atomic E-state index is 0.126. The minimum atomic E-state index is -0.556. The van der Waals surface area contributed by atoms with Gasteiger partial charge in [0.25, 0.3) is 0 Å². The number of phenolic OH excluding ortho intramolecular Hbond substituents is 1. The summed E-state index contributed by atoms with van der Waals surface area (Å²) in [5.74, 6) is 1.15. The number of phenols is 1. The Kier molecular flexibility index (Phi) is 7.71. The molecule has 0 aliphatic carbocycles. The van der Waals surface area contributed by atoms with E-state index < -0.39 is 15.2 Å². The van der Waals surface area contributed by atoms with Crippen LogP contribution >= 0.6 is 45.2 Å². The topological polar surface area (TPSA) is 96.4 Å². The Morgan fingerprint density at radius 2 is 2.00 bits per heavy atom. The Morgan fingerprint density at radius 3 is 2.64 bits per heavy atom. The van der Waals surface area contributed by atoms with E-state index >= 15 is 0 Å². The van der Waals surface area contributed by atoms with Gasteiger partial charge < -0.3 is 20.5 Å². The van der Waals surface area contributed by atoms with Crippen molar-refractivity contribution in [3.05, 3.63) is 34.0 Å². The summed E-state index contributed by atoms with van der Waals surface area (Å²) in [6, 6.07) is 7.01. The number of anilines is 1. The van der Waals surface area contributed by atoms with Crippen LogP contribution in [0.3, 0.4) is 0 Å². The molecule has 0 bridgehead atoms. The second-order valence-corrected chi connectivity index (χ2v) is 10.5. The first-order chi connectivity index (χ1) is 13.0. The van der Waals surface area contributed by atoms with Crippen LogP contribution < -0.4 is 10.6 Å². The first-order valence-electron chi connectivity index (χ1n) is 8.77. The fourth-order valence-electron chi connectivity index (χ4n) is 2.25. The maximum atomic E-state index is 12.1. The summed E-state index contributed by atoms with van der Waals surface area (Å²) >= 11 is 4.38. The molecule has 0 unspecified atom stereocenters.